The number of rotatable bonds is 6. The van der Waals surface area contributed by atoms with Crippen LogP contribution in [0.4, 0.5) is 0 Å². The zero-order valence-electron chi connectivity index (χ0n) is 14.9. The first kappa shape index (κ1) is 17.5. The van der Waals surface area contributed by atoms with E-state index in [1.165, 1.54) is 27.8 Å². The Morgan fingerprint density at radius 3 is 2.64 bits per heavy atom. The number of fused-ring (bicyclic) bond motifs is 1. The van der Waals surface area contributed by atoms with Gasteiger partial charge >= 0.3 is 0 Å². The molecule has 8 nitrogen and oxygen atoms in total. The predicted molar refractivity (Wildman–Crippen MR) is 104 cm³/mol. The van der Waals surface area contributed by atoms with Crippen LogP contribution in [-0.2, 0) is 6.54 Å². The van der Waals surface area contributed by atoms with Gasteiger partial charge in [0.25, 0.3) is 11.5 Å². The van der Waals surface area contributed by atoms with Crippen molar-refractivity contribution < 1.29 is 9.53 Å². The van der Waals surface area contributed by atoms with Crippen LogP contribution in [0.15, 0.2) is 77.9 Å². The van der Waals surface area contributed by atoms with Gasteiger partial charge in [0.15, 0.2) is 5.69 Å². The SMILES string of the molecule is O=C(Nn1cnc2ccccc21)c1ccc(=O)n(CCOc2ccccc2)n1. The van der Waals surface area contributed by atoms with Gasteiger partial charge in [-0.15, -0.1) is 0 Å². The Bertz CT molecular complexity index is 1170. The molecule has 28 heavy (non-hydrogen) atoms. The van der Waals surface area contributed by atoms with E-state index in [2.05, 4.69) is 15.5 Å². The van der Waals surface area contributed by atoms with E-state index in [1.807, 2.05) is 54.6 Å². The monoisotopic (exact) mass is 375 g/mol. The van der Waals surface area contributed by atoms with Crippen LogP contribution in [0.2, 0.25) is 0 Å². The Labute approximate surface area is 160 Å². The Kier molecular flexibility index (Phi) is 4.83. The molecule has 4 rings (SSSR count). The van der Waals surface area contributed by atoms with Crippen molar-refractivity contribution in [3.8, 4) is 5.75 Å². The quantitative estimate of drug-likeness (QED) is 0.557. The van der Waals surface area contributed by atoms with Crippen LogP contribution in [0.5, 0.6) is 5.75 Å². The molecule has 0 bridgehead atoms. The summed E-state index contributed by atoms with van der Waals surface area (Å²) in [7, 11) is 0. The van der Waals surface area contributed by atoms with Gasteiger partial charge in [0.2, 0.25) is 0 Å². The molecule has 2 aromatic heterocycles. The second-order valence-corrected chi connectivity index (χ2v) is 5.99. The van der Waals surface area contributed by atoms with E-state index < -0.39 is 5.91 Å². The molecular weight excluding hydrogens is 358 g/mol. The highest BCUT2D eigenvalue weighted by atomic mass is 16.5. The molecule has 140 valence electrons. The van der Waals surface area contributed by atoms with Gasteiger partial charge in [-0.05, 0) is 30.3 Å². The summed E-state index contributed by atoms with van der Waals surface area (Å²) < 4.78 is 8.32. The zero-order valence-corrected chi connectivity index (χ0v) is 14.9. The van der Waals surface area contributed by atoms with E-state index in [0.717, 1.165) is 11.0 Å². The Balaban J connectivity index is 1.46. The molecule has 2 aromatic carbocycles. The highest BCUT2D eigenvalue weighted by Gasteiger charge is 2.12. The van der Waals surface area contributed by atoms with Crippen molar-refractivity contribution in [2.24, 2.45) is 0 Å². The van der Waals surface area contributed by atoms with Crippen LogP contribution in [0.25, 0.3) is 11.0 Å². The fourth-order valence-corrected chi connectivity index (χ4v) is 2.71. The number of ether oxygens (including phenoxy) is 1. The molecule has 0 fully saturated rings. The molecule has 0 aliphatic heterocycles. The van der Waals surface area contributed by atoms with Crippen LogP contribution >= 0.6 is 0 Å². The summed E-state index contributed by atoms with van der Waals surface area (Å²) in [6, 6.07) is 19.4. The van der Waals surface area contributed by atoms with Crippen molar-refractivity contribution in [1.82, 2.24) is 19.4 Å². The van der Waals surface area contributed by atoms with Crippen molar-refractivity contribution in [1.29, 1.82) is 0 Å². The third kappa shape index (κ3) is 3.75. The van der Waals surface area contributed by atoms with Crippen LogP contribution in [0, 0.1) is 0 Å². The third-order valence-corrected chi connectivity index (χ3v) is 4.09. The van der Waals surface area contributed by atoms with Gasteiger partial charge in [-0.2, -0.15) is 5.10 Å². The topological polar surface area (TPSA) is 91.0 Å². The van der Waals surface area contributed by atoms with E-state index in [9.17, 15) is 9.59 Å². The molecule has 0 saturated heterocycles. The maximum Gasteiger partial charge on any atom is 0.290 e. The fraction of sp³-hybridized carbons (Fsp3) is 0.100. The van der Waals surface area contributed by atoms with Crippen molar-refractivity contribution in [3.63, 3.8) is 0 Å². The second-order valence-electron chi connectivity index (χ2n) is 5.99. The summed E-state index contributed by atoms with van der Waals surface area (Å²) in [6.07, 6.45) is 1.52. The molecular formula is C20H17N5O3. The molecule has 0 spiro atoms. The van der Waals surface area contributed by atoms with Crippen LogP contribution < -0.4 is 15.7 Å². The maximum absolute atomic E-state index is 12.5. The molecule has 0 atom stereocenters. The third-order valence-electron chi connectivity index (χ3n) is 4.09. The lowest BCUT2D eigenvalue weighted by Crippen LogP contribution is -2.30. The van der Waals surface area contributed by atoms with Gasteiger partial charge in [-0.1, -0.05) is 30.3 Å². The number of carbonyl (C=O) groups is 1. The van der Waals surface area contributed by atoms with Crippen molar-refractivity contribution in [2.45, 2.75) is 6.54 Å². The number of aromatic nitrogens is 4. The lowest BCUT2D eigenvalue weighted by Gasteiger charge is -2.10. The van der Waals surface area contributed by atoms with Crippen molar-refractivity contribution in [3.05, 3.63) is 89.1 Å². The average molecular weight is 375 g/mol. The van der Waals surface area contributed by atoms with Crippen LogP contribution in [0.1, 0.15) is 10.5 Å². The lowest BCUT2D eigenvalue weighted by molar-refractivity contribution is 0.100. The standard InChI is InChI=1S/C20H17N5O3/c26-19-11-10-17(22-24(19)12-13-28-15-6-2-1-3-7-15)20(27)23-25-14-21-16-8-4-5-9-18(16)25/h1-11,14H,12-13H2,(H,23,27). The molecule has 0 saturated carbocycles. The normalized spacial score (nSPS) is 10.7. The Morgan fingerprint density at radius 1 is 1.00 bits per heavy atom. The molecule has 0 radical (unpaired) electrons. The molecule has 0 unspecified atom stereocenters. The lowest BCUT2D eigenvalue weighted by atomic mass is 10.3. The van der Waals surface area contributed by atoms with Gasteiger partial charge in [-0.3, -0.25) is 15.0 Å². The van der Waals surface area contributed by atoms with Gasteiger partial charge in [0, 0.05) is 6.07 Å². The summed E-state index contributed by atoms with van der Waals surface area (Å²) in [5, 5.41) is 4.14. The first-order valence-electron chi connectivity index (χ1n) is 8.70. The van der Waals surface area contributed by atoms with E-state index >= 15 is 0 Å². The molecule has 1 amide bonds. The number of amides is 1. The van der Waals surface area contributed by atoms with Crippen LogP contribution in [0.3, 0.4) is 0 Å². The van der Waals surface area contributed by atoms with Gasteiger partial charge < -0.3 is 4.74 Å². The van der Waals surface area contributed by atoms with Gasteiger partial charge in [-0.25, -0.2) is 14.3 Å². The summed E-state index contributed by atoms with van der Waals surface area (Å²) >= 11 is 0. The number of benzene rings is 2. The minimum atomic E-state index is -0.444. The van der Waals surface area contributed by atoms with E-state index in [1.54, 1.807) is 0 Å². The largest absolute Gasteiger partial charge is 0.492 e. The summed E-state index contributed by atoms with van der Waals surface area (Å²) in [5.74, 6) is 0.261. The fourth-order valence-electron chi connectivity index (χ4n) is 2.71. The van der Waals surface area contributed by atoms with Crippen LogP contribution in [-0.4, -0.2) is 32.0 Å². The summed E-state index contributed by atoms with van der Waals surface area (Å²) in [6.45, 7) is 0.483. The average Bonchev–Trinajstić information content (AvgIpc) is 3.13. The number of hydrogen-bond acceptors (Lipinski definition) is 5. The first-order chi connectivity index (χ1) is 13.7. The number of para-hydroxylation sites is 3. The Hall–Kier alpha value is -3.94. The number of carbonyl (C=O) groups excluding carboxylic acids is 1. The van der Waals surface area contributed by atoms with E-state index in [0.29, 0.717) is 5.75 Å². The predicted octanol–water partition coefficient (Wildman–Crippen LogP) is 2.06. The Morgan fingerprint density at radius 2 is 1.79 bits per heavy atom. The summed E-state index contributed by atoms with van der Waals surface area (Å²) in [4.78, 5) is 28.8. The summed E-state index contributed by atoms with van der Waals surface area (Å²) in [5.41, 5.74) is 4.06. The van der Waals surface area contributed by atoms with Crippen molar-refractivity contribution >= 4 is 16.9 Å². The molecule has 0 aliphatic carbocycles. The number of imidazole rings is 1. The molecule has 0 aliphatic rings. The molecule has 2 heterocycles. The molecule has 4 aromatic rings. The molecule has 1 N–H and O–H groups in total. The highest BCUT2D eigenvalue weighted by Crippen LogP contribution is 2.10. The van der Waals surface area contributed by atoms with E-state index in [4.69, 9.17) is 4.74 Å². The number of nitrogens with zero attached hydrogens (tertiary/aromatic N) is 4. The van der Waals surface area contributed by atoms with Crippen molar-refractivity contribution in [2.75, 3.05) is 12.0 Å². The minimum Gasteiger partial charge on any atom is -0.492 e. The maximum atomic E-state index is 12.5. The smallest absolute Gasteiger partial charge is 0.290 e. The van der Waals surface area contributed by atoms with E-state index in [-0.39, 0.29) is 24.4 Å². The molecule has 8 heteroatoms. The number of nitrogens with one attached hydrogen (secondary N) is 1. The zero-order chi connectivity index (χ0) is 19.3. The highest BCUT2D eigenvalue weighted by molar-refractivity contribution is 5.98. The van der Waals surface area contributed by atoms with Gasteiger partial charge in [0.05, 0.1) is 17.6 Å². The number of hydrogen-bond donors (Lipinski definition) is 1. The minimum absolute atomic E-state index is 0.122. The van der Waals surface area contributed by atoms with Gasteiger partial charge in [0.1, 0.15) is 18.7 Å². The first-order valence-corrected chi connectivity index (χ1v) is 8.70. The second kappa shape index (κ2) is 7.75.